The second kappa shape index (κ2) is 20.7. The molecule has 2 aliphatic heterocycles. The largest absolute Gasteiger partial charge is 0.492 e. The second-order valence-corrected chi connectivity index (χ2v) is 23.6. The molecule has 0 bridgehead atoms. The number of ether oxygens (including phenoxy) is 4. The summed E-state index contributed by atoms with van der Waals surface area (Å²) in [4.78, 5) is 53.4. The molecule has 2 saturated carbocycles. The third-order valence-corrected chi connectivity index (χ3v) is 15.4. The summed E-state index contributed by atoms with van der Waals surface area (Å²) >= 11 is 0. The standard InChI is InChI=1S/C24H32FN3O6S.C17H17F2NO6S.C7H16N2/c1-6-34-23(30)17-20(29)15-11-16(25)19(27-10-9-13(12-27)24(2,3)26)21(33-4)18(15)28(14-7-8-14)22(17)35(5,31)32;1-4-26-17(22)11-14(21)9-7-10(18)12(19)15(25-2)13(9)20(8-5-6-8)16(11)27(3,23)24;1-7(2,8)6-3-4-9-5-6/h11,13-14H,6-10,12,26H2,1-5H3;7-8H,4-6H2,1-3H3;6,9H,3-5,8H2,1-2H3/t13-;;6-/m1.1/s1. The average Bonchev–Trinajstić information content (AvgIpc) is 4.18. The van der Waals surface area contributed by atoms with E-state index in [-0.39, 0.29) is 64.0 Å². The van der Waals surface area contributed by atoms with Crippen LogP contribution in [-0.4, -0.2) is 115 Å². The molecule has 0 radical (unpaired) electrons. The first-order valence-corrected chi connectivity index (χ1v) is 27.2. The number of anilines is 1. The van der Waals surface area contributed by atoms with Gasteiger partial charge >= 0.3 is 11.9 Å². The fraction of sp³-hybridized carbons (Fsp3) is 0.583. The lowest BCUT2D eigenvalue weighted by molar-refractivity contribution is 0.0509. The molecule has 5 N–H and O–H groups in total. The number of pyridine rings is 2. The van der Waals surface area contributed by atoms with Gasteiger partial charge in [0.1, 0.15) is 16.8 Å². The SMILES string of the molecule is CC(C)(N)[C@@H]1CCNC1.CCOC(=O)c1c(S(C)(=O)=O)n(C2CC2)c2c(OC)c(F)c(F)cc2c1=O.CCOC(=O)c1c(S(C)(=O)=O)n(C2CC2)c2c(OC)c(N3CC[C@@H](C(C)(C)N)C3)c(F)cc2c1=O. The minimum absolute atomic E-state index is 0.0174. The molecule has 0 spiro atoms. The molecule has 2 atom stereocenters. The van der Waals surface area contributed by atoms with Gasteiger partial charge in [0, 0.05) is 48.8 Å². The molecule has 8 rings (SSSR count). The average molecular weight is 1040 g/mol. The minimum Gasteiger partial charge on any atom is -0.492 e. The molecule has 392 valence electrons. The monoisotopic (exact) mass is 1040 g/mol. The fourth-order valence-corrected chi connectivity index (χ4v) is 11.6. The van der Waals surface area contributed by atoms with E-state index in [1.54, 1.807) is 6.92 Å². The predicted molar refractivity (Wildman–Crippen MR) is 262 cm³/mol. The first-order chi connectivity index (χ1) is 33.0. The van der Waals surface area contributed by atoms with E-state index in [1.807, 2.05) is 18.7 Å². The van der Waals surface area contributed by atoms with Gasteiger partial charge in [-0.1, -0.05) is 0 Å². The van der Waals surface area contributed by atoms with Crippen molar-refractivity contribution in [3.05, 3.63) is 61.2 Å². The second-order valence-electron chi connectivity index (χ2n) is 19.7. The van der Waals surface area contributed by atoms with Gasteiger partial charge in [0.15, 0.2) is 52.9 Å². The first kappa shape index (κ1) is 55.1. The van der Waals surface area contributed by atoms with Gasteiger partial charge in [0.2, 0.25) is 16.7 Å². The summed E-state index contributed by atoms with van der Waals surface area (Å²) in [5.74, 6) is -5.31. The molecule has 4 aliphatic rings. The van der Waals surface area contributed by atoms with Crippen LogP contribution in [0.4, 0.5) is 18.9 Å². The van der Waals surface area contributed by atoms with E-state index in [0.29, 0.717) is 50.8 Å². The molecule has 0 amide bonds. The summed E-state index contributed by atoms with van der Waals surface area (Å²) in [5.41, 5.74) is 8.60. The number of halogens is 3. The van der Waals surface area contributed by atoms with Crippen LogP contribution in [0.1, 0.15) is 113 Å². The lowest BCUT2D eigenvalue weighted by atomic mass is 9.88. The van der Waals surface area contributed by atoms with Crippen molar-refractivity contribution in [1.82, 2.24) is 14.5 Å². The van der Waals surface area contributed by atoms with E-state index in [2.05, 4.69) is 19.2 Å². The normalized spacial score (nSPS) is 18.4. The van der Waals surface area contributed by atoms with Crippen molar-refractivity contribution >= 4 is 59.1 Å². The van der Waals surface area contributed by atoms with Crippen LogP contribution in [0.15, 0.2) is 31.8 Å². The summed E-state index contributed by atoms with van der Waals surface area (Å²) in [6.07, 6.45) is 6.15. The highest BCUT2D eigenvalue weighted by atomic mass is 32.2. The molecule has 2 aromatic heterocycles. The Labute approximate surface area is 410 Å². The van der Waals surface area contributed by atoms with Gasteiger partial charge in [-0.15, -0.1) is 0 Å². The lowest BCUT2D eigenvalue weighted by Crippen LogP contribution is -2.42. The van der Waals surface area contributed by atoms with Crippen molar-refractivity contribution in [2.75, 3.05) is 71.0 Å². The molecule has 0 unspecified atom stereocenters. The van der Waals surface area contributed by atoms with E-state index in [4.69, 9.17) is 30.4 Å². The Morgan fingerprint density at radius 1 is 0.704 bits per heavy atom. The topological polar surface area (TPSA) is 251 Å². The zero-order valence-electron chi connectivity index (χ0n) is 41.8. The Hall–Kier alpha value is -5.23. The quantitative estimate of drug-likeness (QED) is 0.146. The van der Waals surface area contributed by atoms with Gasteiger partial charge in [0.25, 0.3) is 0 Å². The predicted octanol–water partition coefficient (Wildman–Crippen LogP) is 5.16. The summed E-state index contributed by atoms with van der Waals surface area (Å²) < 4.78 is 118. The number of fused-ring (bicyclic) bond motifs is 2. The smallest absolute Gasteiger partial charge is 0.345 e. The number of hydrogen-bond donors (Lipinski definition) is 3. The van der Waals surface area contributed by atoms with Crippen molar-refractivity contribution in [3.8, 4) is 11.5 Å². The highest BCUT2D eigenvalue weighted by molar-refractivity contribution is 7.91. The van der Waals surface area contributed by atoms with Crippen molar-refractivity contribution in [1.29, 1.82) is 0 Å². The van der Waals surface area contributed by atoms with Gasteiger partial charge < -0.3 is 49.8 Å². The van der Waals surface area contributed by atoms with Crippen LogP contribution in [0.5, 0.6) is 11.5 Å². The van der Waals surface area contributed by atoms with Gasteiger partial charge in [-0.2, -0.15) is 4.39 Å². The number of esters is 2. The van der Waals surface area contributed by atoms with Crippen molar-refractivity contribution in [3.63, 3.8) is 0 Å². The Morgan fingerprint density at radius 2 is 1.14 bits per heavy atom. The van der Waals surface area contributed by atoms with E-state index in [0.717, 1.165) is 45.2 Å². The number of rotatable bonds is 13. The molecule has 18 nitrogen and oxygen atoms in total. The maximum absolute atomic E-state index is 15.7. The maximum atomic E-state index is 15.7. The number of nitrogens with zero attached hydrogens (tertiary/aromatic N) is 3. The zero-order valence-corrected chi connectivity index (χ0v) is 43.4. The van der Waals surface area contributed by atoms with Crippen LogP contribution >= 0.6 is 0 Å². The van der Waals surface area contributed by atoms with Gasteiger partial charge in [-0.3, -0.25) is 9.59 Å². The van der Waals surface area contributed by atoms with Crippen LogP contribution < -0.4 is 42.0 Å². The summed E-state index contributed by atoms with van der Waals surface area (Å²) in [6.45, 7) is 14.2. The molecule has 2 saturated heterocycles. The number of sulfone groups is 2. The first-order valence-electron chi connectivity index (χ1n) is 23.4. The number of nitrogens with one attached hydrogen (secondary N) is 1. The molecule has 2 aromatic carbocycles. The maximum Gasteiger partial charge on any atom is 0.345 e. The van der Waals surface area contributed by atoms with Crippen LogP contribution in [-0.2, 0) is 29.1 Å². The molecule has 2 aliphatic carbocycles. The fourth-order valence-electron chi connectivity index (χ4n) is 9.32. The molecule has 4 heterocycles. The van der Waals surface area contributed by atoms with E-state index >= 15 is 4.39 Å². The highest BCUT2D eigenvalue weighted by Crippen LogP contribution is 2.47. The summed E-state index contributed by atoms with van der Waals surface area (Å²) in [6, 6.07) is 1.04. The van der Waals surface area contributed by atoms with E-state index < -0.39 is 98.4 Å². The third-order valence-electron chi connectivity index (χ3n) is 13.2. The molecule has 4 aromatic rings. The molecular weight excluding hydrogens is 974 g/mol. The molecule has 23 heteroatoms. The van der Waals surface area contributed by atoms with Crippen molar-refractivity contribution in [2.24, 2.45) is 23.3 Å². The number of benzene rings is 2. The highest BCUT2D eigenvalue weighted by Gasteiger charge is 2.41. The molecule has 4 fully saturated rings. The Bertz CT molecular complexity index is 3100. The van der Waals surface area contributed by atoms with E-state index in [9.17, 15) is 44.8 Å². The van der Waals surface area contributed by atoms with Crippen molar-refractivity contribution in [2.45, 2.75) is 113 Å². The Morgan fingerprint density at radius 3 is 1.48 bits per heavy atom. The van der Waals surface area contributed by atoms with Crippen LogP contribution in [0.3, 0.4) is 0 Å². The third kappa shape index (κ3) is 11.2. The van der Waals surface area contributed by atoms with Crippen LogP contribution in [0.2, 0.25) is 0 Å². The summed E-state index contributed by atoms with van der Waals surface area (Å²) in [5, 5.41) is 1.82. The number of methoxy groups -OCH3 is 2. The lowest BCUT2D eigenvalue weighted by Gasteiger charge is -2.29. The zero-order chi connectivity index (χ0) is 52.9. The van der Waals surface area contributed by atoms with Gasteiger partial charge in [0.05, 0.1) is 49.2 Å². The van der Waals surface area contributed by atoms with Crippen molar-refractivity contribution < 1.29 is 58.5 Å². The number of carbonyl (C=O) groups excluding carboxylic acids is 2. The number of aromatic nitrogens is 2. The minimum atomic E-state index is -4.10. The van der Waals surface area contributed by atoms with Gasteiger partial charge in [-0.05, 0) is 117 Å². The number of nitrogens with two attached hydrogens (primary N) is 2. The molecular formula is C48H65F3N6O12S2. The number of hydrogen-bond acceptors (Lipinski definition) is 16. The Kier molecular flexibility index (Phi) is 16.1. The number of carbonyl (C=O) groups is 2. The molecule has 71 heavy (non-hydrogen) atoms. The van der Waals surface area contributed by atoms with Gasteiger partial charge in [-0.25, -0.2) is 35.2 Å². The Balaban J connectivity index is 0.000000202. The van der Waals surface area contributed by atoms with Crippen LogP contribution in [0.25, 0.3) is 21.8 Å². The van der Waals surface area contributed by atoms with Crippen LogP contribution in [0, 0.1) is 29.3 Å². The van der Waals surface area contributed by atoms with E-state index in [1.165, 1.54) is 29.6 Å². The summed E-state index contributed by atoms with van der Waals surface area (Å²) in [7, 11) is -5.72.